The van der Waals surface area contributed by atoms with Gasteiger partial charge in [0.1, 0.15) is 0 Å². The van der Waals surface area contributed by atoms with E-state index in [1.54, 1.807) is 0 Å². The first kappa shape index (κ1) is 13.5. The standard InChI is InChI=1S/C12H23N5/c1-6-14-12(13)16(4)7-10-8-17(5)15-11(10)9(2)3/h8-9H,6-7H2,1-5H3,(H2,13,14). The summed E-state index contributed by atoms with van der Waals surface area (Å²) < 4.78 is 1.85. The van der Waals surface area contributed by atoms with Crippen LogP contribution in [0.3, 0.4) is 0 Å². The quantitative estimate of drug-likeness (QED) is 0.634. The molecule has 0 saturated heterocycles. The summed E-state index contributed by atoms with van der Waals surface area (Å²) in [5.74, 6) is 0.995. The largest absolute Gasteiger partial charge is 0.370 e. The molecule has 1 aromatic rings. The van der Waals surface area contributed by atoms with Crippen molar-refractivity contribution in [3.63, 3.8) is 0 Å². The van der Waals surface area contributed by atoms with Crippen molar-refractivity contribution in [2.45, 2.75) is 33.2 Å². The van der Waals surface area contributed by atoms with Crippen molar-refractivity contribution in [3.8, 4) is 0 Å². The van der Waals surface area contributed by atoms with Crippen LogP contribution in [0.1, 0.15) is 37.9 Å². The molecule has 0 amide bonds. The van der Waals surface area contributed by atoms with Gasteiger partial charge in [-0.3, -0.25) is 9.67 Å². The molecule has 0 spiro atoms. The number of nitrogens with zero attached hydrogens (tertiary/aromatic N) is 4. The molecule has 0 aliphatic rings. The highest BCUT2D eigenvalue weighted by atomic mass is 15.3. The van der Waals surface area contributed by atoms with Crippen LogP contribution in [0.5, 0.6) is 0 Å². The van der Waals surface area contributed by atoms with Crippen molar-refractivity contribution in [1.29, 1.82) is 0 Å². The Labute approximate surface area is 103 Å². The van der Waals surface area contributed by atoms with Crippen molar-refractivity contribution >= 4 is 5.96 Å². The van der Waals surface area contributed by atoms with Gasteiger partial charge in [-0.1, -0.05) is 13.8 Å². The van der Waals surface area contributed by atoms with E-state index in [0.29, 0.717) is 18.4 Å². The molecule has 0 aliphatic heterocycles. The number of nitrogens with two attached hydrogens (primary N) is 1. The van der Waals surface area contributed by atoms with Crippen molar-refractivity contribution in [1.82, 2.24) is 14.7 Å². The van der Waals surface area contributed by atoms with Crippen LogP contribution >= 0.6 is 0 Å². The number of aromatic nitrogens is 2. The maximum Gasteiger partial charge on any atom is 0.191 e. The first-order chi connectivity index (χ1) is 7.95. The summed E-state index contributed by atoms with van der Waals surface area (Å²) in [4.78, 5) is 6.15. The Bertz CT molecular complexity index is 392. The minimum absolute atomic E-state index is 0.420. The van der Waals surface area contributed by atoms with E-state index in [2.05, 4.69) is 23.9 Å². The molecule has 0 atom stereocenters. The molecule has 0 aromatic carbocycles. The Morgan fingerprint density at radius 1 is 1.59 bits per heavy atom. The third kappa shape index (κ3) is 3.47. The van der Waals surface area contributed by atoms with E-state index >= 15 is 0 Å². The zero-order valence-corrected chi connectivity index (χ0v) is 11.4. The van der Waals surface area contributed by atoms with Crippen molar-refractivity contribution in [3.05, 3.63) is 17.5 Å². The Morgan fingerprint density at radius 2 is 2.24 bits per heavy atom. The minimum Gasteiger partial charge on any atom is -0.370 e. The van der Waals surface area contributed by atoms with Gasteiger partial charge >= 0.3 is 0 Å². The van der Waals surface area contributed by atoms with Crippen LogP contribution in [0.2, 0.25) is 0 Å². The molecule has 1 heterocycles. The molecule has 0 saturated carbocycles. The molecule has 0 radical (unpaired) electrons. The predicted molar refractivity (Wildman–Crippen MR) is 70.9 cm³/mol. The van der Waals surface area contributed by atoms with Gasteiger partial charge in [-0.05, 0) is 12.8 Å². The highest BCUT2D eigenvalue weighted by molar-refractivity contribution is 5.77. The van der Waals surface area contributed by atoms with Crippen LogP contribution in [0.25, 0.3) is 0 Å². The van der Waals surface area contributed by atoms with E-state index in [1.807, 2.05) is 36.8 Å². The maximum absolute atomic E-state index is 5.86. The van der Waals surface area contributed by atoms with Gasteiger partial charge in [-0.2, -0.15) is 5.10 Å². The smallest absolute Gasteiger partial charge is 0.191 e. The van der Waals surface area contributed by atoms with Crippen LogP contribution in [0.15, 0.2) is 11.2 Å². The SMILES string of the molecule is CCN=C(N)N(C)Cc1cn(C)nc1C(C)C. The molecule has 0 aliphatic carbocycles. The van der Waals surface area contributed by atoms with E-state index < -0.39 is 0 Å². The summed E-state index contributed by atoms with van der Waals surface area (Å²) in [6.07, 6.45) is 2.05. The number of hydrogen-bond donors (Lipinski definition) is 1. The zero-order chi connectivity index (χ0) is 13.0. The average Bonchev–Trinajstić information content (AvgIpc) is 2.60. The van der Waals surface area contributed by atoms with E-state index in [4.69, 9.17) is 5.73 Å². The lowest BCUT2D eigenvalue weighted by atomic mass is 10.1. The number of guanidine groups is 1. The molecule has 5 nitrogen and oxygen atoms in total. The Hall–Kier alpha value is -1.52. The van der Waals surface area contributed by atoms with Crippen LogP contribution in [-0.4, -0.2) is 34.2 Å². The minimum atomic E-state index is 0.420. The van der Waals surface area contributed by atoms with Crippen LogP contribution in [0.4, 0.5) is 0 Å². The molecule has 0 fully saturated rings. The van der Waals surface area contributed by atoms with Gasteiger partial charge in [0, 0.05) is 38.9 Å². The topological polar surface area (TPSA) is 59.4 Å². The lowest BCUT2D eigenvalue weighted by Gasteiger charge is -2.18. The summed E-state index contributed by atoms with van der Waals surface area (Å²) in [7, 11) is 3.89. The molecule has 17 heavy (non-hydrogen) atoms. The second-order valence-electron chi connectivity index (χ2n) is 4.56. The Morgan fingerprint density at radius 3 is 2.76 bits per heavy atom. The molecule has 5 heteroatoms. The Balaban J connectivity index is 2.84. The molecule has 1 aromatic heterocycles. The molecular weight excluding hydrogens is 214 g/mol. The van der Waals surface area contributed by atoms with E-state index in [1.165, 1.54) is 5.56 Å². The van der Waals surface area contributed by atoms with Gasteiger partial charge in [-0.15, -0.1) is 0 Å². The summed E-state index contributed by atoms with van der Waals surface area (Å²) in [5, 5.41) is 4.48. The first-order valence-corrected chi connectivity index (χ1v) is 5.99. The molecule has 1 rings (SSSR count). The van der Waals surface area contributed by atoms with Gasteiger partial charge in [0.15, 0.2) is 5.96 Å². The summed E-state index contributed by atoms with van der Waals surface area (Å²) in [6, 6.07) is 0. The molecule has 2 N–H and O–H groups in total. The van der Waals surface area contributed by atoms with Gasteiger partial charge in [0.25, 0.3) is 0 Å². The number of aryl methyl sites for hydroxylation is 1. The van der Waals surface area contributed by atoms with Crippen molar-refractivity contribution in [2.24, 2.45) is 17.8 Å². The fourth-order valence-corrected chi connectivity index (χ4v) is 1.78. The van der Waals surface area contributed by atoms with Gasteiger partial charge < -0.3 is 10.6 Å². The maximum atomic E-state index is 5.86. The lowest BCUT2D eigenvalue weighted by Crippen LogP contribution is -2.33. The zero-order valence-electron chi connectivity index (χ0n) is 11.4. The van der Waals surface area contributed by atoms with Crippen molar-refractivity contribution in [2.75, 3.05) is 13.6 Å². The van der Waals surface area contributed by atoms with Crippen LogP contribution in [0, 0.1) is 0 Å². The average molecular weight is 237 g/mol. The number of aliphatic imine (C=N–C) groups is 1. The highest BCUT2D eigenvalue weighted by Crippen LogP contribution is 2.18. The second kappa shape index (κ2) is 5.70. The fraction of sp³-hybridized carbons (Fsp3) is 0.667. The summed E-state index contributed by atoms with van der Waals surface area (Å²) in [5.41, 5.74) is 8.19. The normalized spacial score (nSPS) is 12.2. The summed E-state index contributed by atoms with van der Waals surface area (Å²) in [6.45, 7) is 7.73. The second-order valence-corrected chi connectivity index (χ2v) is 4.56. The first-order valence-electron chi connectivity index (χ1n) is 5.99. The van der Waals surface area contributed by atoms with Gasteiger partial charge in [0.2, 0.25) is 0 Å². The van der Waals surface area contributed by atoms with Crippen LogP contribution < -0.4 is 5.73 Å². The number of rotatable bonds is 4. The van der Waals surface area contributed by atoms with Gasteiger partial charge in [0.05, 0.1) is 5.69 Å². The van der Waals surface area contributed by atoms with E-state index in [9.17, 15) is 0 Å². The van der Waals surface area contributed by atoms with Crippen LogP contribution in [-0.2, 0) is 13.6 Å². The highest BCUT2D eigenvalue weighted by Gasteiger charge is 2.13. The predicted octanol–water partition coefficient (Wildman–Crippen LogP) is 1.31. The molecule has 96 valence electrons. The summed E-state index contributed by atoms with van der Waals surface area (Å²) >= 11 is 0. The molecule has 0 unspecified atom stereocenters. The third-order valence-electron chi connectivity index (χ3n) is 2.60. The fourth-order valence-electron chi connectivity index (χ4n) is 1.78. The molecule has 0 bridgehead atoms. The number of hydrogen-bond acceptors (Lipinski definition) is 2. The van der Waals surface area contributed by atoms with Gasteiger partial charge in [-0.25, -0.2) is 0 Å². The molecular formula is C12H23N5. The Kier molecular flexibility index (Phi) is 4.54. The monoisotopic (exact) mass is 237 g/mol. The lowest BCUT2D eigenvalue weighted by molar-refractivity contribution is 0.488. The van der Waals surface area contributed by atoms with E-state index in [0.717, 1.165) is 12.2 Å². The van der Waals surface area contributed by atoms with Crippen molar-refractivity contribution < 1.29 is 0 Å². The third-order valence-corrected chi connectivity index (χ3v) is 2.60. The van der Waals surface area contributed by atoms with E-state index in [-0.39, 0.29) is 0 Å².